The lowest BCUT2D eigenvalue weighted by atomic mass is 10.1. The summed E-state index contributed by atoms with van der Waals surface area (Å²) in [5.41, 5.74) is 2.39. The van der Waals surface area contributed by atoms with Crippen LogP contribution in [0, 0.1) is 0 Å². The van der Waals surface area contributed by atoms with Gasteiger partial charge in [-0.25, -0.2) is 9.97 Å². The number of hydrogen-bond donors (Lipinski definition) is 1. The molecule has 120 valence electrons. The Labute approximate surface area is 149 Å². The van der Waals surface area contributed by atoms with Crippen LogP contribution in [-0.2, 0) is 0 Å². The van der Waals surface area contributed by atoms with E-state index in [4.69, 9.17) is 0 Å². The van der Waals surface area contributed by atoms with E-state index in [0.717, 1.165) is 15.6 Å². The Morgan fingerprint density at radius 3 is 2.42 bits per heavy atom. The van der Waals surface area contributed by atoms with Gasteiger partial charge >= 0.3 is 0 Å². The van der Waals surface area contributed by atoms with Crippen LogP contribution in [0.1, 0.15) is 28.9 Å². The fourth-order valence-electron chi connectivity index (χ4n) is 2.32. The molecule has 0 aliphatic carbocycles. The van der Waals surface area contributed by atoms with E-state index in [0.29, 0.717) is 11.4 Å². The van der Waals surface area contributed by atoms with Gasteiger partial charge in [-0.1, -0.05) is 58.4 Å². The monoisotopic (exact) mass is 381 g/mol. The first-order valence-corrected chi connectivity index (χ1v) is 8.36. The van der Waals surface area contributed by atoms with E-state index < -0.39 is 0 Å². The van der Waals surface area contributed by atoms with E-state index in [1.54, 1.807) is 12.4 Å². The summed E-state index contributed by atoms with van der Waals surface area (Å²) in [4.78, 5) is 20.9. The van der Waals surface area contributed by atoms with Gasteiger partial charge in [0.05, 0.1) is 11.6 Å². The van der Waals surface area contributed by atoms with Gasteiger partial charge in [-0.3, -0.25) is 4.79 Å². The quantitative estimate of drug-likeness (QED) is 0.728. The predicted molar refractivity (Wildman–Crippen MR) is 97.5 cm³/mol. The van der Waals surface area contributed by atoms with Crippen LogP contribution in [0.4, 0.5) is 0 Å². The Hall–Kier alpha value is -2.53. The van der Waals surface area contributed by atoms with E-state index in [1.165, 1.54) is 0 Å². The third kappa shape index (κ3) is 3.86. The number of nitrogens with one attached hydrogen (secondary N) is 1. The van der Waals surface area contributed by atoms with E-state index in [-0.39, 0.29) is 11.9 Å². The van der Waals surface area contributed by atoms with Crippen LogP contribution in [-0.4, -0.2) is 15.9 Å². The number of aromatic nitrogens is 2. The van der Waals surface area contributed by atoms with E-state index in [9.17, 15) is 4.79 Å². The molecule has 0 bridgehead atoms. The van der Waals surface area contributed by atoms with Gasteiger partial charge in [0.2, 0.25) is 0 Å². The van der Waals surface area contributed by atoms with Crippen LogP contribution >= 0.6 is 15.9 Å². The molecule has 24 heavy (non-hydrogen) atoms. The molecule has 1 atom stereocenters. The fraction of sp³-hybridized carbons (Fsp3) is 0.105. The zero-order chi connectivity index (χ0) is 16.9. The van der Waals surface area contributed by atoms with Gasteiger partial charge in [0.25, 0.3) is 5.91 Å². The molecule has 5 heteroatoms. The van der Waals surface area contributed by atoms with Crippen LogP contribution < -0.4 is 5.32 Å². The SMILES string of the molecule is CC(NC(=O)c1cnc(-c2ccccc2)nc1)c1cccc(Br)c1. The highest BCUT2D eigenvalue weighted by molar-refractivity contribution is 9.10. The Morgan fingerprint density at radius 2 is 1.75 bits per heavy atom. The van der Waals surface area contributed by atoms with Gasteiger partial charge in [0.1, 0.15) is 0 Å². The molecular formula is C19H16BrN3O. The lowest BCUT2D eigenvalue weighted by molar-refractivity contribution is 0.0939. The number of rotatable bonds is 4. The largest absolute Gasteiger partial charge is 0.345 e. The minimum absolute atomic E-state index is 0.108. The minimum atomic E-state index is -0.193. The summed E-state index contributed by atoms with van der Waals surface area (Å²) in [6.07, 6.45) is 3.11. The van der Waals surface area contributed by atoms with Crippen LogP contribution in [0.2, 0.25) is 0 Å². The van der Waals surface area contributed by atoms with Crippen molar-refractivity contribution in [3.8, 4) is 11.4 Å². The van der Waals surface area contributed by atoms with Crippen LogP contribution in [0.15, 0.2) is 71.5 Å². The minimum Gasteiger partial charge on any atom is -0.345 e. The summed E-state index contributed by atoms with van der Waals surface area (Å²) in [6.45, 7) is 1.94. The van der Waals surface area contributed by atoms with E-state index in [1.807, 2.05) is 61.5 Å². The van der Waals surface area contributed by atoms with Crippen molar-refractivity contribution in [3.05, 3.63) is 82.6 Å². The molecule has 4 nitrogen and oxygen atoms in total. The molecule has 1 amide bonds. The normalized spacial score (nSPS) is 11.8. The molecule has 0 saturated carbocycles. The topological polar surface area (TPSA) is 54.9 Å². The lowest BCUT2D eigenvalue weighted by Gasteiger charge is -2.14. The molecule has 1 N–H and O–H groups in total. The zero-order valence-electron chi connectivity index (χ0n) is 13.1. The number of halogens is 1. The standard InChI is InChI=1S/C19H16BrN3O/c1-13(15-8-5-9-17(20)10-15)23-19(24)16-11-21-18(22-12-16)14-6-3-2-4-7-14/h2-13H,1H3,(H,23,24). The number of amides is 1. The van der Waals surface area contributed by atoms with Crippen molar-refractivity contribution in [2.24, 2.45) is 0 Å². The highest BCUT2D eigenvalue weighted by atomic mass is 79.9. The molecule has 0 saturated heterocycles. The van der Waals surface area contributed by atoms with Crippen molar-refractivity contribution in [2.75, 3.05) is 0 Å². The molecule has 0 radical (unpaired) electrons. The van der Waals surface area contributed by atoms with Crippen molar-refractivity contribution in [3.63, 3.8) is 0 Å². The molecule has 0 aliphatic heterocycles. The van der Waals surface area contributed by atoms with Crippen molar-refractivity contribution >= 4 is 21.8 Å². The second-order valence-electron chi connectivity index (χ2n) is 5.41. The van der Waals surface area contributed by atoms with Gasteiger partial charge in [0.15, 0.2) is 5.82 Å². The Bertz CT molecular complexity index is 835. The van der Waals surface area contributed by atoms with Gasteiger partial charge < -0.3 is 5.32 Å². The first-order chi connectivity index (χ1) is 11.6. The Kier molecular flexibility index (Phi) is 5.01. The smallest absolute Gasteiger partial charge is 0.254 e. The summed E-state index contributed by atoms with van der Waals surface area (Å²) >= 11 is 3.44. The number of benzene rings is 2. The van der Waals surface area contributed by atoms with Crippen molar-refractivity contribution in [1.82, 2.24) is 15.3 Å². The highest BCUT2D eigenvalue weighted by Crippen LogP contribution is 2.18. The first-order valence-electron chi connectivity index (χ1n) is 7.57. The molecule has 0 aliphatic rings. The van der Waals surface area contributed by atoms with Gasteiger partial charge in [-0.05, 0) is 24.6 Å². The van der Waals surface area contributed by atoms with Gasteiger partial charge in [-0.15, -0.1) is 0 Å². The van der Waals surface area contributed by atoms with Crippen LogP contribution in [0.25, 0.3) is 11.4 Å². The average Bonchev–Trinajstić information content (AvgIpc) is 2.62. The summed E-state index contributed by atoms with van der Waals surface area (Å²) in [5, 5.41) is 2.96. The summed E-state index contributed by atoms with van der Waals surface area (Å²) < 4.78 is 0.983. The Morgan fingerprint density at radius 1 is 1.04 bits per heavy atom. The second-order valence-corrected chi connectivity index (χ2v) is 6.33. The van der Waals surface area contributed by atoms with Crippen molar-refractivity contribution < 1.29 is 4.79 Å². The first kappa shape index (κ1) is 16.3. The molecule has 3 rings (SSSR count). The zero-order valence-corrected chi connectivity index (χ0v) is 14.7. The molecule has 0 spiro atoms. The second kappa shape index (κ2) is 7.36. The number of carbonyl (C=O) groups is 1. The average molecular weight is 382 g/mol. The summed E-state index contributed by atoms with van der Waals surface area (Å²) in [6, 6.07) is 17.4. The van der Waals surface area contributed by atoms with Crippen LogP contribution in [0.3, 0.4) is 0 Å². The molecule has 1 heterocycles. The third-order valence-corrected chi connectivity index (χ3v) is 4.14. The van der Waals surface area contributed by atoms with Gasteiger partial charge in [0, 0.05) is 22.4 Å². The number of hydrogen-bond acceptors (Lipinski definition) is 3. The molecule has 3 aromatic rings. The highest BCUT2D eigenvalue weighted by Gasteiger charge is 2.13. The van der Waals surface area contributed by atoms with E-state index >= 15 is 0 Å². The van der Waals surface area contributed by atoms with E-state index in [2.05, 4.69) is 31.2 Å². The summed E-state index contributed by atoms with van der Waals surface area (Å²) in [7, 11) is 0. The maximum Gasteiger partial charge on any atom is 0.254 e. The fourth-order valence-corrected chi connectivity index (χ4v) is 2.74. The van der Waals surface area contributed by atoms with Crippen molar-refractivity contribution in [1.29, 1.82) is 0 Å². The molecule has 1 unspecified atom stereocenters. The maximum absolute atomic E-state index is 12.4. The maximum atomic E-state index is 12.4. The lowest BCUT2D eigenvalue weighted by Crippen LogP contribution is -2.26. The van der Waals surface area contributed by atoms with Crippen molar-refractivity contribution in [2.45, 2.75) is 13.0 Å². The third-order valence-electron chi connectivity index (χ3n) is 3.64. The van der Waals surface area contributed by atoms with Gasteiger partial charge in [-0.2, -0.15) is 0 Å². The molecule has 0 fully saturated rings. The molecule has 1 aromatic heterocycles. The summed E-state index contributed by atoms with van der Waals surface area (Å²) in [5.74, 6) is 0.411. The number of nitrogens with zero attached hydrogens (tertiary/aromatic N) is 2. The predicted octanol–water partition coefficient (Wildman–Crippen LogP) is 4.40. The van der Waals surface area contributed by atoms with Crippen LogP contribution in [0.5, 0.6) is 0 Å². The number of carbonyl (C=O) groups excluding carboxylic acids is 1. The molecule has 2 aromatic carbocycles. The molecular weight excluding hydrogens is 366 g/mol. The Balaban J connectivity index is 1.71.